The number of carbonyl (C=O) groups is 1. The molecule has 0 spiro atoms. The molecule has 11 heteroatoms. The van der Waals surface area contributed by atoms with E-state index < -0.39 is 10.0 Å². The number of carbonyl (C=O) groups excluding carboxylic acids is 1. The monoisotopic (exact) mass is 478 g/mol. The van der Waals surface area contributed by atoms with Crippen LogP contribution in [0, 0.1) is 18.6 Å². The fourth-order valence-electron chi connectivity index (χ4n) is 3.76. The molecule has 1 saturated heterocycles. The fraction of sp³-hybridized carbons (Fsp3) is 0.350. The fourth-order valence-corrected chi connectivity index (χ4v) is 6.89. The van der Waals surface area contributed by atoms with E-state index in [-0.39, 0.29) is 29.3 Å². The van der Waals surface area contributed by atoms with Gasteiger partial charge in [0.1, 0.15) is 0 Å². The Bertz CT molecular complexity index is 1410. The number of benzene rings is 1. The van der Waals surface area contributed by atoms with Crippen molar-refractivity contribution in [3.8, 4) is 0 Å². The first-order valence-corrected chi connectivity index (χ1v) is 12.4. The summed E-state index contributed by atoms with van der Waals surface area (Å²) in [6.07, 6.45) is 0. The van der Waals surface area contributed by atoms with Gasteiger partial charge in [0.2, 0.25) is 10.0 Å². The normalized spacial score (nSPS) is 15.5. The van der Waals surface area contributed by atoms with Gasteiger partial charge in [-0.25, -0.2) is 8.42 Å². The van der Waals surface area contributed by atoms with Gasteiger partial charge in [0, 0.05) is 48.5 Å². The summed E-state index contributed by atoms with van der Waals surface area (Å²) < 4.78 is 29.0. The Labute approximate surface area is 188 Å². The summed E-state index contributed by atoms with van der Waals surface area (Å²) in [7, 11) is -1.99. The van der Waals surface area contributed by atoms with E-state index in [0.717, 1.165) is 9.75 Å². The van der Waals surface area contributed by atoms with Gasteiger partial charge in [0.25, 0.3) is 11.5 Å². The number of aromatic nitrogens is 2. The molecule has 0 bridgehead atoms. The van der Waals surface area contributed by atoms with Gasteiger partial charge in [0.15, 0.2) is 4.77 Å². The summed E-state index contributed by atoms with van der Waals surface area (Å²) in [5, 5.41) is 0.449. The van der Waals surface area contributed by atoms with Crippen molar-refractivity contribution in [2.75, 3.05) is 26.2 Å². The van der Waals surface area contributed by atoms with Gasteiger partial charge in [0.05, 0.1) is 15.8 Å². The predicted molar refractivity (Wildman–Crippen MR) is 123 cm³/mol. The Morgan fingerprint density at radius 1 is 1.13 bits per heavy atom. The maximum Gasteiger partial charge on any atom is 0.261 e. The molecule has 0 saturated carbocycles. The van der Waals surface area contributed by atoms with E-state index >= 15 is 0 Å². The largest absolute Gasteiger partial charge is 0.336 e. The highest BCUT2D eigenvalue weighted by atomic mass is 32.2. The second kappa shape index (κ2) is 7.97. The highest BCUT2D eigenvalue weighted by Gasteiger charge is 2.32. The summed E-state index contributed by atoms with van der Waals surface area (Å²) >= 11 is 6.61. The topological polar surface area (TPSA) is 95.5 Å². The van der Waals surface area contributed by atoms with Crippen LogP contribution >= 0.6 is 23.6 Å². The van der Waals surface area contributed by atoms with Crippen LogP contribution in [0.5, 0.6) is 0 Å². The number of fused-ring (bicyclic) bond motifs is 1. The highest BCUT2D eigenvalue weighted by Crippen LogP contribution is 2.28. The first-order valence-electron chi connectivity index (χ1n) is 9.69. The Balaban J connectivity index is 1.53. The minimum absolute atomic E-state index is 0.207. The summed E-state index contributed by atoms with van der Waals surface area (Å²) in [6.45, 7) is 4.76. The van der Waals surface area contributed by atoms with Gasteiger partial charge in [-0.05, 0) is 50.3 Å². The van der Waals surface area contributed by atoms with Crippen LogP contribution in [0.25, 0.3) is 10.9 Å². The van der Waals surface area contributed by atoms with Crippen LogP contribution in [0.1, 0.15) is 20.1 Å². The van der Waals surface area contributed by atoms with E-state index in [1.165, 1.54) is 20.2 Å². The Morgan fingerprint density at radius 3 is 2.42 bits per heavy atom. The summed E-state index contributed by atoms with van der Waals surface area (Å²) in [5.41, 5.74) is 0.700. The molecule has 164 valence electrons. The number of hydrogen-bond acceptors (Lipinski definition) is 6. The number of rotatable bonds is 3. The molecule has 1 aliphatic rings. The molecule has 1 aliphatic heterocycles. The van der Waals surface area contributed by atoms with Gasteiger partial charge < -0.3 is 9.88 Å². The molecule has 1 amide bonds. The predicted octanol–water partition coefficient (Wildman–Crippen LogP) is 2.42. The lowest BCUT2D eigenvalue weighted by molar-refractivity contribution is 0.0698. The molecule has 3 heterocycles. The first-order chi connectivity index (χ1) is 14.6. The Hall–Kier alpha value is -2.34. The third-order valence-corrected chi connectivity index (χ3v) is 8.98. The number of aryl methyl sites for hydroxylation is 2. The number of aromatic amines is 1. The first kappa shape index (κ1) is 21.9. The quantitative estimate of drug-likeness (QED) is 0.584. The van der Waals surface area contributed by atoms with Crippen molar-refractivity contribution in [2.24, 2.45) is 7.05 Å². The molecule has 1 N–H and O–H groups in total. The van der Waals surface area contributed by atoms with Gasteiger partial charge in [-0.1, -0.05) is 0 Å². The second-order valence-corrected chi connectivity index (χ2v) is 11.3. The molecule has 3 aromatic rings. The van der Waals surface area contributed by atoms with Crippen molar-refractivity contribution in [3.63, 3.8) is 0 Å². The maximum atomic E-state index is 13.0. The molecule has 4 rings (SSSR count). The summed E-state index contributed by atoms with van der Waals surface area (Å²) in [6, 6.07) is 6.55. The van der Waals surface area contributed by atoms with Crippen LogP contribution in [0.2, 0.25) is 0 Å². The molecule has 0 unspecified atom stereocenters. The third kappa shape index (κ3) is 3.86. The third-order valence-electron chi connectivity index (χ3n) is 5.49. The molecular weight excluding hydrogens is 456 g/mol. The SMILES string of the molecule is Cc1cc(S(=O)(=O)N2CCN(C(=O)c3ccc4c(=O)n(C)c(=S)[nH]c4c3)CC2)c(C)s1. The number of amides is 1. The number of nitrogens with one attached hydrogen (secondary N) is 1. The molecule has 1 aromatic carbocycles. The van der Waals surface area contributed by atoms with Gasteiger partial charge in [-0.3, -0.25) is 14.2 Å². The molecular formula is C20H22N4O4S3. The zero-order valence-corrected chi connectivity index (χ0v) is 19.8. The van der Waals surface area contributed by atoms with Crippen LogP contribution in [0.15, 0.2) is 34.0 Å². The number of H-pyrrole nitrogens is 1. The lowest BCUT2D eigenvalue weighted by atomic mass is 10.1. The number of sulfonamides is 1. The van der Waals surface area contributed by atoms with Gasteiger partial charge in [-0.15, -0.1) is 11.3 Å². The zero-order valence-electron chi connectivity index (χ0n) is 17.3. The smallest absolute Gasteiger partial charge is 0.261 e. The van der Waals surface area contributed by atoms with Crippen LogP contribution in [-0.2, 0) is 17.1 Å². The van der Waals surface area contributed by atoms with Crippen LogP contribution in [-0.4, -0.2) is 59.3 Å². The number of hydrogen-bond donors (Lipinski definition) is 1. The van der Waals surface area contributed by atoms with Gasteiger partial charge >= 0.3 is 0 Å². The minimum Gasteiger partial charge on any atom is -0.336 e. The van der Waals surface area contributed by atoms with Gasteiger partial charge in [-0.2, -0.15) is 4.31 Å². The van der Waals surface area contributed by atoms with Crippen LogP contribution in [0.4, 0.5) is 0 Å². The molecule has 8 nitrogen and oxygen atoms in total. The summed E-state index contributed by atoms with van der Waals surface area (Å²) in [4.78, 5) is 32.0. The minimum atomic E-state index is -3.58. The van der Waals surface area contributed by atoms with Crippen molar-refractivity contribution in [3.05, 3.63) is 54.7 Å². The Kier molecular flexibility index (Phi) is 5.63. The lowest BCUT2D eigenvalue weighted by Gasteiger charge is -2.34. The number of nitrogens with zero attached hydrogens (tertiary/aromatic N) is 3. The average molecular weight is 479 g/mol. The molecule has 31 heavy (non-hydrogen) atoms. The maximum absolute atomic E-state index is 13.0. The average Bonchev–Trinajstić information content (AvgIpc) is 3.10. The summed E-state index contributed by atoms with van der Waals surface area (Å²) in [5.74, 6) is -0.207. The van der Waals surface area contributed by atoms with Crippen LogP contribution in [0.3, 0.4) is 0 Å². The van der Waals surface area contributed by atoms with Crippen molar-refractivity contribution >= 4 is 50.4 Å². The van der Waals surface area contributed by atoms with Crippen molar-refractivity contribution in [1.29, 1.82) is 0 Å². The Morgan fingerprint density at radius 2 is 1.81 bits per heavy atom. The van der Waals surface area contributed by atoms with E-state index in [1.807, 2.05) is 13.8 Å². The number of thiophene rings is 1. The van der Waals surface area contributed by atoms with Crippen LogP contribution < -0.4 is 5.56 Å². The van der Waals surface area contributed by atoms with E-state index in [4.69, 9.17) is 12.2 Å². The second-order valence-electron chi connectivity index (χ2n) is 7.53. The molecule has 0 atom stereocenters. The van der Waals surface area contributed by atoms with Crippen molar-refractivity contribution < 1.29 is 13.2 Å². The van der Waals surface area contributed by atoms with Crippen molar-refractivity contribution in [1.82, 2.24) is 18.8 Å². The zero-order chi connectivity index (χ0) is 22.5. The molecule has 0 radical (unpaired) electrons. The molecule has 2 aromatic heterocycles. The highest BCUT2D eigenvalue weighted by molar-refractivity contribution is 7.89. The lowest BCUT2D eigenvalue weighted by Crippen LogP contribution is -2.50. The number of piperazine rings is 1. The molecule has 0 aliphatic carbocycles. The van der Waals surface area contributed by atoms with E-state index in [9.17, 15) is 18.0 Å². The van der Waals surface area contributed by atoms with E-state index in [0.29, 0.717) is 34.5 Å². The molecule has 1 fully saturated rings. The van der Waals surface area contributed by atoms with E-state index in [2.05, 4.69) is 4.98 Å². The van der Waals surface area contributed by atoms with Crippen molar-refractivity contribution in [2.45, 2.75) is 18.7 Å². The standard InChI is InChI=1S/C20H22N4O4S3/c1-12-10-17(13(2)30-12)31(27,28)24-8-6-23(7-9-24)18(25)14-4-5-15-16(11-14)21-20(29)22(3)19(15)26/h4-5,10-11H,6-9H2,1-3H3,(H,21,29). The van der Waals surface area contributed by atoms with E-state index in [1.54, 1.807) is 36.2 Å².